The fraction of sp³-hybridized carbons (Fsp3) is 0.286. The number of carbonyl (C=O) groups excluding carboxylic acids is 1. The first-order valence-corrected chi connectivity index (χ1v) is 3.14. The van der Waals surface area contributed by atoms with Gasteiger partial charge in [0.05, 0.1) is 0 Å². The molecule has 0 saturated carbocycles. The maximum Gasteiger partial charge on any atom is 0.174 e. The molecule has 9 heavy (non-hydrogen) atoms. The lowest BCUT2D eigenvalue weighted by Crippen LogP contribution is -1.89. The Morgan fingerprint density at radius 3 is 3.00 bits per heavy atom. The number of hydrogen-bond acceptors (Lipinski definition) is 1. The maximum atomic E-state index is 10.5. The van der Waals surface area contributed by atoms with Crippen molar-refractivity contribution >= 4 is 13.1 Å². The molecule has 0 aromatic rings. The summed E-state index contributed by atoms with van der Waals surface area (Å²) in [5.74, 6) is 4.40. The van der Waals surface area contributed by atoms with Gasteiger partial charge < -0.3 is 0 Å². The molecule has 0 aliphatic carbocycles. The van der Waals surface area contributed by atoms with Gasteiger partial charge in [-0.2, -0.15) is 0 Å². The van der Waals surface area contributed by atoms with Gasteiger partial charge in [0.1, 0.15) is 5.78 Å². The second-order valence-corrected chi connectivity index (χ2v) is 2.30. The van der Waals surface area contributed by atoms with Crippen molar-refractivity contribution in [3.05, 3.63) is 23.6 Å². The van der Waals surface area contributed by atoms with Gasteiger partial charge in [-0.25, -0.2) is 0 Å². The lowest BCUT2D eigenvalue weighted by Gasteiger charge is -1.90. The van der Waals surface area contributed by atoms with Gasteiger partial charge in [0, 0.05) is 6.42 Å². The van der Waals surface area contributed by atoms with E-state index in [0.29, 0.717) is 6.42 Å². The highest BCUT2D eigenvalue weighted by molar-refractivity contribution is 6.49. The molecule has 0 spiro atoms. The molecule has 0 radical (unpaired) electrons. The van der Waals surface area contributed by atoms with E-state index in [-0.39, 0.29) is 5.78 Å². The molecular weight excluding hydrogens is 111 g/mol. The van der Waals surface area contributed by atoms with E-state index in [9.17, 15) is 4.79 Å². The molecule has 0 atom stereocenters. The first-order chi connectivity index (χ1) is 4.29. The summed E-state index contributed by atoms with van der Waals surface area (Å²) in [4.78, 5) is 10.5. The van der Waals surface area contributed by atoms with Crippen LogP contribution in [0.2, 0.25) is 0 Å². The Hall–Kier alpha value is -0.785. The van der Waals surface area contributed by atoms with Crippen molar-refractivity contribution in [2.75, 3.05) is 0 Å². The smallest absolute Gasteiger partial charge is 0.174 e. The van der Waals surface area contributed by atoms with Crippen molar-refractivity contribution in [1.29, 1.82) is 0 Å². The SMILES string of the molecule is CC(=O)CC1=CBC=C1. The number of carbonyl (C=O) groups is 1. The molecule has 1 nitrogen and oxygen atoms in total. The molecule has 0 N–H and O–H groups in total. The summed E-state index contributed by atoms with van der Waals surface area (Å²) in [7, 11) is 1.00. The summed E-state index contributed by atoms with van der Waals surface area (Å²) >= 11 is 0. The first kappa shape index (κ1) is 6.34. The molecular formula is C7H9BO. The topological polar surface area (TPSA) is 17.1 Å². The molecule has 0 aromatic heterocycles. The van der Waals surface area contributed by atoms with Crippen LogP contribution in [-0.4, -0.2) is 13.1 Å². The fourth-order valence-corrected chi connectivity index (χ4v) is 0.925. The van der Waals surface area contributed by atoms with Crippen molar-refractivity contribution in [3.63, 3.8) is 0 Å². The molecule has 0 saturated heterocycles. The van der Waals surface area contributed by atoms with E-state index >= 15 is 0 Å². The number of hydrogen-bond donors (Lipinski definition) is 0. The monoisotopic (exact) mass is 120 g/mol. The van der Waals surface area contributed by atoms with Crippen LogP contribution in [-0.2, 0) is 4.79 Å². The number of Topliss-reactive ketones (excluding diaryl/α,β-unsaturated/α-hetero) is 1. The lowest BCUT2D eigenvalue weighted by atomic mass is 9.82. The molecule has 0 unspecified atom stereocenters. The Balaban J connectivity index is 2.45. The van der Waals surface area contributed by atoms with Gasteiger partial charge in [-0.1, -0.05) is 11.6 Å². The van der Waals surface area contributed by atoms with Crippen LogP contribution in [0.3, 0.4) is 0 Å². The van der Waals surface area contributed by atoms with Crippen LogP contribution >= 0.6 is 0 Å². The lowest BCUT2D eigenvalue weighted by molar-refractivity contribution is -0.116. The zero-order valence-electron chi connectivity index (χ0n) is 5.55. The Labute approximate surface area is 55.7 Å². The van der Waals surface area contributed by atoms with E-state index in [0.717, 1.165) is 7.28 Å². The maximum absolute atomic E-state index is 10.5. The molecule has 0 fully saturated rings. The molecule has 0 bridgehead atoms. The Morgan fingerprint density at radius 2 is 2.56 bits per heavy atom. The largest absolute Gasteiger partial charge is 0.300 e. The standard InChI is InChI=1S/C7H9BO/c1-6(9)4-7-2-3-8-5-7/h2-3,5,8H,4H2,1H3. The van der Waals surface area contributed by atoms with Gasteiger partial charge in [0.25, 0.3) is 0 Å². The molecule has 46 valence electrons. The van der Waals surface area contributed by atoms with Crippen molar-refractivity contribution in [3.8, 4) is 0 Å². The highest BCUT2D eigenvalue weighted by Crippen LogP contribution is 2.07. The average Bonchev–Trinajstić information content (AvgIpc) is 2.15. The average molecular weight is 120 g/mol. The molecule has 1 aliphatic heterocycles. The van der Waals surface area contributed by atoms with E-state index in [1.807, 2.05) is 6.08 Å². The van der Waals surface area contributed by atoms with Crippen LogP contribution in [0.25, 0.3) is 0 Å². The highest BCUT2D eigenvalue weighted by Gasteiger charge is 2.00. The van der Waals surface area contributed by atoms with Crippen molar-refractivity contribution in [2.45, 2.75) is 13.3 Å². The van der Waals surface area contributed by atoms with E-state index < -0.39 is 0 Å². The zero-order chi connectivity index (χ0) is 6.69. The number of rotatable bonds is 2. The third-order valence-electron chi connectivity index (χ3n) is 1.30. The van der Waals surface area contributed by atoms with Crippen molar-refractivity contribution < 1.29 is 4.79 Å². The number of allylic oxidation sites excluding steroid dienone is 2. The third-order valence-corrected chi connectivity index (χ3v) is 1.30. The predicted molar refractivity (Wildman–Crippen MR) is 39.7 cm³/mol. The van der Waals surface area contributed by atoms with Crippen LogP contribution in [0.4, 0.5) is 0 Å². The molecule has 1 aliphatic rings. The van der Waals surface area contributed by atoms with Gasteiger partial charge in [0.2, 0.25) is 0 Å². The third kappa shape index (κ3) is 1.88. The molecule has 1 rings (SSSR count). The second-order valence-electron chi connectivity index (χ2n) is 2.30. The summed E-state index contributed by atoms with van der Waals surface area (Å²) in [5, 5.41) is 0. The van der Waals surface area contributed by atoms with Crippen LogP contribution in [0.15, 0.2) is 23.6 Å². The highest BCUT2D eigenvalue weighted by atomic mass is 16.1. The zero-order valence-corrected chi connectivity index (χ0v) is 5.55. The molecule has 1 heterocycles. The minimum atomic E-state index is 0.243. The molecule has 2 heteroatoms. The summed E-state index contributed by atoms with van der Waals surface area (Å²) in [6, 6.07) is 0. The van der Waals surface area contributed by atoms with E-state index in [1.54, 1.807) is 6.92 Å². The van der Waals surface area contributed by atoms with Gasteiger partial charge in [-0.3, -0.25) is 4.79 Å². The van der Waals surface area contributed by atoms with Gasteiger partial charge in [0.15, 0.2) is 7.28 Å². The summed E-state index contributed by atoms with van der Waals surface area (Å²) in [6.07, 6.45) is 2.62. The van der Waals surface area contributed by atoms with E-state index in [4.69, 9.17) is 0 Å². The Morgan fingerprint density at radius 1 is 1.78 bits per heavy atom. The fourth-order valence-electron chi connectivity index (χ4n) is 0.925. The van der Waals surface area contributed by atoms with Gasteiger partial charge in [-0.15, -0.1) is 12.0 Å². The molecule has 0 aromatic carbocycles. The normalized spacial score (nSPS) is 15.0. The van der Waals surface area contributed by atoms with E-state index in [1.165, 1.54) is 5.57 Å². The number of ketones is 1. The quantitative estimate of drug-likeness (QED) is 0.493. The van der Waals surface area contributed by atoms with Crippen LogP contribution in [0.1, 0.15) is 13.3 Å². The minimum Gasteiger partial charge on any atom is -0.300 e. The Kier molecular flexibility index (Phi) is 1.88. The van der Waals surface area contributed by atoms with Gasteiger partial charge in [-0.05, 0) is 6.92 Å². The molecule has 0 amide bonds. The first-order valence-electron chi connectivity index (χ1n) is 3.14. The predicted octanol–water partition coefficient (Wildman–Crippen LogP) is 0.813. The Bertz CT molecular complexity index is 179. The van der Waals surface area contributed by atoms with Crippen molar-refractivity contribution in [2.24, 2.45) is 0 Å². The minimum absolute atomic E-state index is 0.243. The van der Waals surface area contributed by atoms with Gasteiger partial charge >= 0.3 is 0 Å². The summed E-state index contributed by atoms with van der Waals surface area (Å²) in [5.41, 5.74) is 1.17. The van der Waals surface area contributed by atoms with E-state index in [2.05, 4.69) is 12.0 Å². The van der Waals surface area contributed by atoms with Crippen LogP contribution < -0.4 is 0 Å². The van der Waals surface area contributed by atoms with Crippen LogP contribution in [0, 0.1) is 0 Å². The summed E-state index contributed by atoms with van der Waals surface area (Å²) in [6.45, 7) is 1.62. The summed E-state index contributed by atoms with van der Waals surface area (Å²) < 4.78 is 0. The van der Waals surface area contributed by atoms with Crippen LogP contribution in [0.5, 0.6) is 0 Å². The van der Waals surface area contributed by atoms with Crippen molar-refractivity contribution in [1.82, 2.24) is 0 Å². The second kappa shape index (κ2) is 2.67.